The molecule has 0 aliphatic rings. The molecule has 2 aromatic carbocycles. The van der Waals surface area contributed by atoms with E-state index in [4.69, 9.17) is 16.7 Å². The molecule has 4 rings (SSSR count). The third kappa shape index (κ3) is 4.86. The molecule has 4 aromatic rings. The van der Waals surface area contributed by atoms with E-state index in [1.807, 2.05) is 59.3 Å². The molecule has 6 heteroatoms. The topological polar surface area (TPSA) is 46.9 Å². The minimum atomic E-state index is 0.0874. The summed E-state index contributed by atoms with van der Waals surface area (Å²) in [5, 5.41) is 11.6. The molecular formula is C23H22ClN3OS. The van der Waals surface area contributed by atoms with Crippen molar-refractivity contribution in [2.45, 2.75) is 25.8 Å². The summed E-state index contributed by atoms with van der Waals surface area (Å²) in [6, 6.07) is 20.1. The zero-order chi connectivity index (χ0) is 20.1. The molecule has 1 amide bonds. The quantitative estimate of drug-likeness (QED) is 0.403. The number of aryl methyl sites for hydroxylation is 1. The van der Waals surface area contributed by atoms with Gasteiger partial charge in [-0.25, -0.2) is 0 Å². The van der Waals surface area contributed by atoms with Gasteiger partial charge in [-0.3, -0.25) is 9.48 Å². The number of thiophene rings is 1. The molecule has 0 radical (unpaired) electrons. The average molecular weight is 424 g/mol. The van der Waals surface area contributed by atoms with E-state index in [1.165, 1.54) is 4.88 Å². The standard InChI is InChI=1S/C23H22ClN3OS/c24-18-10-11-21-20(16-18)23(17-6-2-1-3-7-17)26-27(21)14-4-9-22(28)25-13-12-19-8-5-15-29-19/h1-3,5-8,10-11,15-16H,4,9,12-14H2,(H,25,28). The van der Waals surface area contributed by atoms with Crippen LogP contribution in [0.2, 0.25) is 5.02 Å². The van der Waals surface area contributed by atoms with Crippen LogP contribution >= 0.6 is 22.9 Å². The van der Waals surface area contributed by atoms with Crippen LogP contribution < -0.4 is 5.32 Å². The molecule has 0 spiro atoms. The molecule has 0 aliphatic carbocycles. The number of hydrogen-bond acceptors (Lipinski definition) is 3. The number of rotatable bonds is 8. The molecule has 0 bridgehead atoms. The predicted octanol–water partition coefficient (Wildman–Crippen LogP) is 5.56. The van der Waals surface area contributed by atoms with Gasteiger partial charge in [0, 0.05) is 40.4 Å². The van der Waals surface area contributed by atoms with E-state index in [2.05, 4.69) is 16.8 Å². The van der Waals surface area contributed by atoms with Crippen molar-refractivity contribution in [2.75, 3.05) is 6.54 Å². The number of nitrogens with one attached hydrogen (secondary N) is 1. The van der Waals surface area contributed by atoms with Gasteiger partial charge >= 0.3 is 0 Å². The highest BCUT2D eigenvalue weighted by atomic mass is 35.5. The van der Waals surface area contributed by atoms with E-state index >= 15 is 0 Å². The molecule has 0 saturated carbocycles. The first-order valence-corrected chi connectivity index (χ1v) is 11.0. The summed E-state index contributed by atoms with van der Waals surface area (Å²) in [7, 11) is 0. The first kappa shape index (κ1) is 19.7. The fraction of sp³-hybridized carbons (Fsp3) is 0.217. The van der Waals surface area contributed by atoms with E-state index in [9.17, 15) is 4.79 Å². The highest BCUT2D eigenvalue weighted by Gasteiger charge is 2.13. The Morgan fingerprint density at radius 2 is 1.97 bits per heavy atom. The summed E-state index contributed by atoms with van der Waals surface area (Å²) in [4.78, 5) is 13.4. The van der Waals surface area contributed by atoms with Crippen LogP contribution in [0.4, 0.5) is 0 Å². The van der Waals surface area contributed by atoms with E-state index in [-0.39, 0.29) is 5.91 Å². The molecule has 4 nitrogen and oxygen atoms in total. The summed E-state index contributed by atoms with van der Waals surface area (Å²) < 4.78 is 1.98. The monoisotopic (exact) mass is 423 g/mol. The molecular weight excluding hydrogens is 402 g/mol. The molecule has 0 aliphatic heterocycles. The third-order valence-electron chi connectivity index (χ3n) is 4.81. The van der Waals surface area contributed by atoms with Crippen molar-refractivity contribution in [2.24, 2.45) is 0 Å². The first-order chi connectivity index (χ1) is 14.2. The maximum absolute atomic E-state index is 12.1. The molecule has 0 atom stereocenters. The number of aromatic nitrogens is 2. The van der Waals surface area contributed by atoms with Crippen molar-refractivity contribution in [1.29, 1.82) is 0 Å². The van der Waals surface area contributed by atoms with Crippen LogP contribution in [0.3, 0.4) is 0 Å². The van der Waals surface area contributed by atoms with Crippen LogP contribution in [-0.4, -0.2) is 22.2 Å². The molecule has 2 heterocycles. The average Bonchev–Trinajstić information content (AvgIpc) is 3.37. The highest BCUT2D eigenvalue weighted by molar-refractivity contribution is 7.09. The normalized spacial score (nSPS) is 11.1. The van der Waals surface area contributed by atoms with Crippen molar-refractivity contribution >= 4 is 39.7 Å². The second kappa shape index (κ2) is 9.25. The van der Waals surface area contributed by atoms with Crippen LogP contribution in [0.1, 0.15) is 17.7 Å². The summed E-state index contributed by atoms with van der Waals surface area (Å²) in [5.41, 5.74) is 3.01. The lowest BCUT2D eigenvalue weighted by atomic mass is 10.1. The number of nitrogens with zero attached hydrogens (tertiary/aromatic N) is 2. The number of carbonyl (C=O) groups is 1. The second-order valence-corrected chi connectivity index (χ2v) is 8.35. The van der Waals surface area contributed by atoms with Gasteiger partial charge in [-0.15, -0.1) is 11.3 Å². The van der Waals surface area contributed by atoms with Gasteiger partial charge < -0.3 is 5.32 Å². The molecule has 2 aromatic heterocycles. The lowest BCUT2D eigenvalue weighted by molar-refractivity contribution is -0.121. The van der Waals surface area contributed by atoms with Crippen molar-refractivity contribution in [3.63, 3.8) is 0 Å². The lowest BCUT2D eigenvalue weighted by Gasteiger charge is -2.06. The van der Waals surface area contributed by atoms with Crippen LogP contribution in [-0.2, 0) is 17.8 Å². The molecule has 0 fully saturated rings. The van der Waals surface area contributed by atoms with Crippen molar-refractivity contribution in [3.8, 4) is 11.3 Å². The number of benzene rings is 2. The van der Waals surface area contributed by atoms with Gasteiger partial charge in [-0.2, -0.15) is 5.10 Å². The molecule has 148 valence electrons. The summed E-state index contributed by atoms with van der Waals surface area (Å²) in [6.07, 6.45) is 2.10. The van der Waals surface area contributed by atoms with E-state index in [1.54, 1.807) is 11.3 Å². The van der Waals surface area contributed by atoms with E-state index in [0.717, 1.165) is 35.0 Å². The maximum atomic E-state index is 12.1. The van der Waals surface area contributed by atoms with Crippen LogP contribution in [0.25, 0.3) is 22.2 Å². The van der Waals surface area contributed by atoms with Gasteiger partial charge in [0.05, 0.1) is 5.52 Å². The second-order valence-electron chi connectivity index (χ2n) is 6.88. The number of amides is 1. The van der Waals surface area contributed by atoms with Gasteiger partial charge in [-0.1, -0.05) is 48.0 Å². The number of fused-ring (bicyclic) bond motifs is 1. The zero-order valence-electron chi connectivity index (χ0n) is 16.0. The first-order valence-electron chi connectivity index (χ1n) is 9.71. The van der Waals surface area contributed by atoms with Crippen LogP contribution in [0.15, 0.2) is 66.0 Å². The van der Waals surface area contributed by atoms with Crippen LogP contribution in [0, 0.1) is 0 Å². The third-order valence-corrected chi connectivity index (χ3v) is 5.98. The Labute approximate surface area is 179 Å². The van der Waals surface area contributed by atoms with E-state index < -0.39 is 0 Å². The number of hydrogen-bond donors (Lipinski definition) is 1. The minimum Gasteiger partial charge on any atom is -0.356 e. The Balaban J connectivity index is 1.40. The molecule has 0 unspecified atom stereocenters. The Hall–Kier alpha value is -2.63. The van der Waals surface area contributed by atoms with Gasteiger partial charge in [0.2, 0.25) is 5.91 Å². The smallest absolute Gasteiger partial charge is 0.220 e. The molecule has 29 heavy (non-hydrogen) atoms. The Kier molecular flexibility index (Phi) is 6.27. The summed E-state index contributed by atoms with van der Waals surface area (Å²) in [5.74, 6) is 0.0874. The van der Waals surface area contributed by atoms with Crippen molar-refractivity contribution < 1.29 is 4.79 Å². The SMILES string of the molecule is O=C(CCCn1nc(-c2ccccc2)c2cc(Cl)ccc21)NCCc1cccs1. The number of halogens is 1. The van der Waals surface area contributed by atoms with Crippen molar-refractivity contribution in [3.05, 3.63) is 75.9 Å². The van der Waals surface area contributed by atoms with E-state index in [0.29, 0.717) is 24.5 Å². The Morgan fingerprint density at radius 3 is 2.76 bits per heavy atom. The summed E-state index contributed by atoms with van der Waals surface area (Å²) in [6.45, 7) is 1.37. The zero-order valence-corrected chi connectivity index (χ0v) is 17.5. The lowest BCUT2D eigenvalue weighted by Crippen LogP contribution is -2.25. The molecule has 0 saturated heterocycles. The molecule has 1 N–H and O–H groups in total. The van der Waals surface area contributed by atoms with Gasteiger partial charge in [0.1, 0.15) is 5.69 Å². The fourth-order valence-corrected chi connectivity index (χ4v) is 4.27. The van der Waals surface area contributed by atoms with Gasteiger partial charge in [0.25, 0.3) is 0 Å². The largest absolute Gasteiger partial charge is 0.356 e. The van der Waals surface area contributed by atoms with Gasteiger partial charge in [-0.05, 0) is 42.5 Å². The Bertz CT molecular complexity index is 1090. The van der Waals surface area contributed by atoms with Crippen molar-refractivity contribution in [1.82, 2.24) is 15.1 Å². The highest BCUT2D eigenvalue weighted by Crippen LogP contribution is 2.30. The van der Waals surface area contributed by atoms with Gasteiger partial charge in [0.15, 0.2) is 0 Å². The minimum absolute atomic E-state index is 0.0874. The maximum Gasteiger partial charge on any atom is 0.220 e. The summed E-state index contributed by atoms with van der Waals surface area (Å²) >= 11 is 7.95. The Morgan fingerprint density at radius 1 is 1.10 bits per heavy atom. The fourth-order valence-electron chi connectivity index (χ4n) is 3.39. The predicted molar refractivity (Wildman–Crippen MR) is 120 cm³/mol. The number of carbonyl (C=O) groups excluding carboxylic acids is 1. The van der Waals surface area contributed by atoms with Crippen LogP contribution in [0.5, 0.6) is 0 Å².